The Kier molecular flexibility index (Phi) is 5.22. The van der Waals surface area contributed by atoms with Crippen LogP contribution in [-0.2, 0) is 4.79 Å². The molecule has 2 N–H and O–H groups in total. The summed E-state index contributed by atoms with van der Waals surface area (Å²) in [5.74, 6) is -2.81. The predicted octanol–water partition coefficient (Wildman–Crippen LogP) is 2.16. The minimum atomic E-state index is -2.87. The number of aliphatic carboxylic acids is 1. The molecule has 0 fully saturated rings. The first-order valence-electron chi connectivity index (χ1n) is 6.92. The molecule has 9 heteroatoms. The number of amides is 1. The molecule has 0 saturated heterocycles. The minimum Gasteiger partial charge on any atom is -0.480 e. The molecule has 0 spiro atoms. The molecule has 1 aromatic heterocycles. The molecular formula is C15H14F3N3O3. The number of halogens is 3. The van der Waals surface area contributed by atoms with Gasteiger partial charge in [0.15, 0.2) is 0 Å². The maximum absolute atomic E-state index is 12.9. The molecule has 1 aromatic carbocycles. The van der Waals surface area contributed by atoms with Crippen LogP contribution < -0.4 is 5.32 Å². The summed E-state index contributed by atoms with van der Waals surface area (Å²) in [7, 11) is 0. The average molecular weight is 341 g/mol. The van der Waals surface area contributed by atoms with Gasteiger partial charge in [0.1, 0.15) is 11.9 Å². The van der Waals surface area contributed by atoms with Crippen LogP contribution in [0.5, 0.6) is 0 Å². The number of carboxylic acids is 1. The van der Waals surface area contributed by atoms with E-state index >= 15 is 0 Å². The summed E-state index contributed by atoms with van der Waals surface area (Å²) in [5.41, 5.74) is 0.899. The number of carbonyl (C=O) groups excluding carboxylic acids is 1. The van der Waals surface area contributed by atoms with Crippen molar-refractivity contribution in [3.05, 3.63) is 47.5 Å². The van der Waals surface area contributed by atoms with Gasteiger partial charge in [-0.15, -0.1) is 0 Å². The van der Waals surface area contributed by atoms with Crippen LogP contribution in [0, 0.1) is 12.7 Å². The van der Waals surface area contributed by atoms with Crippen LogP contribution in [0.1, 0.15) is 22.5 Å². The zero-order valence-electron chi connectivity index (χ0n) is 12.5. The lowest BCUT2D eigenvalue weighted by molar-refractivity contribution is -0.140. The van der Waals surface area contributed by atoms with Gasteiger partial charge in [-0.25, -0.2) is 22.6 Å². The third-order valence-electron chi connectivity index (χ3n) is 3.34. The minimum absolute atomic E-state index is 0.0415. The van der Waals surface area contributed by atoms with Crippen molar-refractivity contribution in [3.63, 3.8) is 0 Å². The maximum Gasteiger partial charge on any atom is 0.326 e. The SMILES string of the molecule is Cc1c(C(=O)NC(CC(F)F)C(=O)O)cnn1-c1ccc(F)cc1. The van der Waals surface area contributed by atoms with Crippen molar-refractivity contribution >= 4 is 11.9 Å². The molecule has 0 aliphatic rings. The second-order valence-corrected chi connectivity index (χ2v) is 5.02. The Morgan fingerprint density at radius 3 is 2.46 bits per heavy atom. The molecule has 6 nitrogen and oxygen atoms in total. The lowest BCUT2D eigenvalue weighted by Crippen LogP contribution is -2.42. The molecule has 1 atom stereocenters. The Morgan fingerprint density at radius 1 is 1.29 bits per heavy atom. The molecule has 0 bridgehead atoms. The van der Waals surface area contributed by atoms with E-state index in [0.717, 1.165) is 0 Å². The number of nitrogens with zero attached hydrogens (tertiary/aromatic N) is 2. The van der Waals surface area contributed by atoms with Crippen LogP contribution in [0.4, 0.5) is 13.2 Å². The van der Waals surface area contributed by atoms with Gasteiger partial charge >= 0.3 is 5.97 Å². The van der Waals surface area contributed by atoms with Gasteiger partial charge in [0, 0.05) is 6.42 Å². The van der Waals surface area contributed by atoms with Gasteiger partial charge in [0.05, 0.1) is 23.1 Å². The molecule has 1 heterocycles. The number of aromatic nitrogens is 2. The van der Waals surface area contributed by atoms with Gasteiger partial charge in [0.2, 0.25) is 6.43 Å². The summed E-state index contributed by atoms with van der Waals surface area (Å²) in [4.78, 5) is 23.1. The first kappa shape index (κ1) is 17.5. The van der Waals surface area contributed by atoms with E-state index in [-0.39, 0.29) is 5.56 Å². The van der Waals surface area contributed by atoms with E-state index in [1.807, 2.05) is 5.32 Å². The zero-order valence-corrected chi connectivity index (χ0v) is 12.5. The molecule has 1 unspecified atom stereocenters. The number of carboxylic acid groups (broad SMARTS) is 1. The Bertz CT molecular complexity index is 744. The van der Waals surface area contributed by atoms with Crippen molar-refractivity contribution in [1.29, 1.82) is 0 Å². The van der Waals surface area contributed by atoms with E-state index in [4.69, 9.17) is 5.11 Å². The normalized spacial score (nSPS) is 12.2. The zero-order chi connectivity index (χ0) is 17.9. The van der Waals surface area contributed by atoms with Gasteiger partial charge in [-0.05, 0) is 31.2 Å². The summed E-state index contributed by atoms with van der Waals surface area (Å²) < 4.78 is 39.1. The van der Waals surface area contributed by atoms with Gasteiger partial charge in [0.25, 0.3) is 5.91 Å². The summed E-state index contributed by atoms with van der Waals surface area (Å²) in [6, 6.07) is 3.64. The number of hydrogen-bond acceptors (Lipinski definition) is 3. The molecule has 0 aliphatic carbocycles. The van der Waals surface area contributed by atoms with E-state index in [9.17, 15) is 22.8 Å². The average Bonchev–Trinajstić information content (AvgIpc) is 2.88. The molecule has 2 rings (SSSR count). The number of nitrogens with one attached hydrogen (secondary N) is 1. The van der Waals surface area contributed by atoms with Crippen LogP contribution in [0.15, 0.2) is 30.5 Å². The molecule has 1 amide bonds. The van der Waals surface area contributed by atoms with Crippen molar-refractivity contribution in [2.45, 2.75) is 25.8 Å². The summed E-state index contributed by atoms with van der Waals surface area (Å²) in [6.07, 6.45) is -2.67. The lowest BCUT2D eigenvalue weighted by atomic mass is 10.1. The van der Waals surface area contributed by atoms with E-state index < -0.39 is 36.6 Å². The number of alkyl halides is 2. The fourth-order valence-corrected chi connectivity index (χ4v) is 2.11. The molecular weight excluding hydrogens is 327 g/mol. The predicted molar refractivity (Wildman–Crippen MR) is 77.8 cm³/mol. The highest BCUT2D eigenvalue weighted by molar-refractivity contribution is 5.97. The Hall–Kier alpha value is -2.84. The van der Waals surface area contributed by atoms with E-state index in [1.54, 1.807) is 6.92 Å². The highest BCUT2D eigenvalue weighted by Gasteiger charge is 2.26. The van der Waals surface area contributed by atoms with E-state index in [0.29, 0.717) is 11.4 Å². The summed E-state index contributed by atoms with van der Waals surface area (Å²) in [5, 5.41) is 14.9. The number of rotatable bonds is 6. The second kappa shape index (κ2) is 7.16. The summed E-state index contributed by atoms with van der Waals surface area (Å²) >= 11 is 0. The lowest BCUT2D eigenvalue weighted by Gasteiger charge is -2.13. The number of benzene rings is 1. The molecule has 128 valence electrons. The van der Waals surface area contributed by atoms with Crippen molar-refractivity contribution < 1.29 is 27.9 Å². The van der Waals surface area contributed by atoms with Crippen LogP contribution in [0.3, 0.4) is 0 Å². The first-order valence-corrected chi connectivity index (χ1v) is 6.92. The van der Waals surface area contributed by atoms with Gasteiger partial charge in [-0.3, -0.25) is 4.79 Å². The second-order valence-electron chi connectivity index (χ2n) is 5.02. The van der Waals surface area contributed by atoms with Crippen molar-refractivity contribution in [2.24, 2.45) is 0 Å². The third kappa shape index (κ3) is 3.92. The monoisotopic (exact) mass is 341 g/mol. The summed E-state index contributed by atoms with van der Waals surface area (Å²) in [6.45, 7) is 1.55. The van der Waals surface area contributed by atoms with Crippen LogP contribution in [0.25, 0.3) is 5.69 Å². The van der Waals surface area contributed by atoms with Crippen molar-refractivity contribution in [2.75, 3.05) is 0 Å². The Morgan fingerprint density at radius 2 is 1.92 bits per heavy atom. The number of hydrogen-bond donors (Lipinski definition) is 2. The molecule has 2 aromatic rings. The van der Waals surface area contributed by atoms with Crippen LogP contribution in [-0.4, -0.2) is 39.2 Å². The largest absolute Gasteiger partial charge is 0.480 e. The van der Waals surface area contributed by atoms with Crippen molar-refractivity contribution in [3.8, 4) is 5.69 Å². The number of carbonyl (C=O) groups is 2. The Balaban J connectivity index is 2.21. The third-order valence-corrected chi connectivity index (χ3v) is 3.34. The van der Waals surface area contributed by atoms with E-state index in [2.05, 4.69) is 5.10 Å². The molecule has 0 saturated carbocycles. The van der Waals surface area contributed by atoms with E-state index in [1.165, 1.54) is 35.1 Å². The van der Waals surface area contributed by atoms with Crippen LogP contribution >= 0.6 is 0 Å². The topological polar surface area (TPSA) is 84.2 Å². The first-order chi connectivity index (χ1) is 11.3. The van der Waals surface area contributed by atoms with Crippen LogP contribution in [0.2, 0.25) is 0 Å². The van der Waals surface area contributed by atoms with Gasteiger partial charge < -0.3 is 10.4 Å². The van der Waals surface area contributed by atoms with Gasteiger partial charge in [-0.1, -0.05) is 0 Å². The Labute approximate surface area is 134 Å². The van der Waals surface area contributed by atoms with Gasteiger partial charge in [-0.2, -0.15) is 5.10 Å². The standard InChI is InChI=1S/C15H14F3N3O3/c1-8-11(14(22)20-12(15(23)24)6-13(17)18)7-19-21(8)10-4-2-9(16)3-5-10/h2-5,7,12-13H,6H2,1H3,(H,20,22)(H,23,24). The van der Waals surface area contributed by atoms with Crippen molar-refractivity contribution in [1.82, 2.24) is 15.1 Å². The maximum atomic E-state index is 12.9. The quantitative estimate of drug-likeness (QED) is 0.843. The highest BCUT2D eigenvalue weighted by Crippen LogP contribution is 2.15. The smallest absolute Gasteiger partial charge is 0.326 e. The molecule has 24 heavy (non-hydrogen) atoms. The fourth-order valence-electron chi connectivity index (χ4n) is 2.11. The fraction of sp³-hybridized carbons (Fsp3) is 0.267. The molecule has 0 aliphatic heterocycles. The molecule has 0 radical (unpaired) electrons. The highest BCUT2D eigenvalue weighted by atomic mass is 19.3.